The molecule has 0 unspecified atom stereocenters. The van der Waals surface area contributed by atoms with Gasteiger partial charge in [0.25, 0.3) is 11.8 Å². The first kappa shape index (κ1) is 23.3. The molecule has 0 aliphatic carbocycles. The zero-order chi connectivity index (χ0) is 21.1. The molecular weight excluding hydrogens is 366 g/mol. The number of nitrogens with one attached hydrogen (secondary N) is 2. The first-order chi connectivity index (χ1) is 13.3. The number of nitrogens with zero attached hydrogens (tertiary/aromatic N) is 2. The number of likely N-dealkylation sites (N-methyl/N-ethyl adjacent to an activating group) is 2. The number of carbonyl (C=O) groups is 5. The number of hydrogen-bond donors (Lipinski definition) is 3. The first-order valence-corrected chi connectivity index (χ1v) is 9.27. The van der Waals surface area contributed by atoms with Gasteiger partial charge in [0.05, 0.1) is 6.42 Å². The molecule has 156 valence electrons. The molecule has 10 heteroatoms. The number of amides is 5. The molecule has 0 aromatic heterocycles. The van der Waals surface area contributed by atoms with E-state index in [4.69, 9.17) is 5.73 Å². The van der Waals surface area contributed by atoms with E-state index in [0.717, 1.165) is 4.90 Å². The van der Waals surface area contributed by atoms with E-state index in [-0.39, 0.29) is 30.6 Å². The highest BCUT2D eigenvalue weighted by molar-refractivity contribution is 6.12. The molecule has 0 fully saturated rings. The standard InChI is InChI=1S/C18H29N5O5/c1-20-9-10-21-18(28)13(12-14(19)24)22(2)15(25)6-4-3-5-11-23-16(26)7-8-17(23)27/h7-8,13,20H,3-6,9-12H2,1-2H3,(H2,19,24)(H,21,28)/t13-/m0/s1. The van der Waals surface area contributed by atoms with E-state index < -0.39 is 17.9 Å². The summed E-state index contributed by atoms with van der Waals surface area (Å²) in [7, 11) is 3.22. The Morgan fingerprint density at radius 1 is 1.11 bits per heavy atom. The second kappa shape index (κ2) is 11.9. The summed E-state index contributed by atoms with van der Waals surface area (Å²) in [5.74, 6) is -2.01. The topological polar surface area (TPSA) is 142 Å². The summed E-state index contributed by atoms with van der Waals surface area (Å²) in [5.41, 5.74) is 5.21. The van der Waals surface area contributed by atoms with Crippen LogP contribution >= 0.6 is 0 Å². The van der Waals surface area contributed by atoms with Crippen molar-refractivity contribution >= 4 is 29.5 Å². The molecule has 28 heavy (non-hydrogen) atoms. The fraction of sp³-hybridized carbons (Fsp3) is 0.611. The highest BCUT2D eigenvalue weighted by Crippen LogP contribution is 2.10. The van der Waals surface area contributed by atoms with Gasteiger partial charge in [0.15, 0.2) is 0 Å². The molecule has 10 nitrogen and oxygen atoms in total. The van der Waals surface area contributed by atoms with Crippen molar-refractivity contribution < 1.29 is 24.0 Å². The quantitative estimate of drug-likeness (QED) is 0.256. The minimum atomic E-state index is -0.951. The monoisotopic (exact) mass is 395 g/mol. The number of rotatable bonds is 13. The predicted octanol–water partition coefficient (Wildman–Crippen LogP) is -1.49. The van der Waals surface area contributed by atoms with Gasteiger partial charge in [-0.15, -0.1) is 0 Å². The summed E-state index contributed by atoms with van der Waals surface area (Å²) >= 11 is 0. The third-order valence-electron chi connectivity index (χ3n) is 4.41. The molecule has 5 amide bonds. The molecular formula is C18H29N5O5. The smallest absolute Gasteiger partial charge is 0.253 e. The van der Waals surface area contributed by atoms with Crippen LogP contribution in [0.3, 0.4) is 0 Å². The van der Waals surface area contributed by atoms with Gasteiger partial charge in [0.1, 0.15) is 6.04 Å². The van der Waals surface area contributed by atoms with E-state index in [9.17, 15) is 24.0 Å². The Kier molecular flexibility index (Phi) is 9.86. The molecule has 0 saturated heterocycles. The van der Waals surface area contributed by atoms with Crippen LogP contribution in [0.4, 0.5) is 0 Å². The van der Waals surface area contributed by atoms with Gasteiger partial charge in [-0.3, -0.25) is 28.9 Å². The maximum atomic E-state index is 12.4. The van der Waals surface area contributed by atoms with Crippen LogP contribution in [-0.4, -0.2) is 79.1 Å². The van der Waals surface area contributed by atoms with Gasteiger partial charge in [-0.05, 0) is 19.9 Å². The fourth-order valence-corrected chi connectivity index (χ4v) is 2.75. The van der Waals surface area contributed by atoms with E-state index in [0.29, 0.717) is 38.9 Å². The molecule has 1 rings (SSSR count). The summed E-state index contributed by atoms with van der Waals surface area (Å²) in [6.07, 6.45) is 4.19. The number of primary amides is 1. The second-order valence-electron chi connectivity index (χ2n) is 6.56. The van der Waals surface area contributed by atoms with Crippen molar-refractivity contribution in [2.45, 2.75) is 38.1 Å². The van der Waals surface area contributed by atoms with Gasteiger partial charge in [0.2, 0.25) is 17.7 Å². The summed E-state index contributed by atoms with van der Waals surface area (Å²) in [5, 5.41) is 5.55. The molecule has 0 radical (unpaired) electrons. The maximum Gasteiger partial charge on any atom is 0.253 e. The van der Waals surface area contributed by atoms with Crippen molar-refractivity contribution in [2.24, 2.45) is 5.73 Å². The van der Waals surface area contributed by atoms with Crippen molar-refractivity contribution in [2.75, 3.05) is 33.7 Å². The molecule has 0 bridgehead atoms. The van der Waals surface area contributed by atoms with Gasteiger partial charge in [-0.2, -0.15) is 0 Å². The average molecular weight is 395 g/mol. The summed E-state index contributed by atoms with van der Waals surface area (Å²) in [6.45, 7) is 1.24. The van der Waals surface area contributed by atoms with Crippen molar-refractivity contribution in [3.05, 3.63) is 12.2 Å². The molecule has 1 aliphatic rings. The van der Waals surface area contributed by atoms with Crippen LogP contribution in [0.25, 0.3) is 0 Å². The van der Waals surface area contributed by atoms with Crippen LogP contribution in [-0.2, 0) is 24.0 Å². The molecule has 1 aliphatic heterocycles. The number of nitrogens with two attached hydrogens (primary N) is 1. The Morgan fingerprint density at radius 3 is 2.32 bits per heavy atom. The summed E-state index contributed by atoms with van der Waals surface area (Å²) in [4.78, 5) is 61.2. The van der Waals surface area contributed by atoms with Crippen molar-refractivity contribution in [1.82, 2.24) is 20.4 Å². The normalized spacial score (nSPS) is 14.3. The average Bonchev–Trinajstić information content (AvgIpc) is 2.96. The number of hydrogen-bond acceptors (Lipinski definition) is 6. The van der Waals surface area contributed by atoms with E-state index in [1.165, 1.54) is 24.1 Å². The van der Waals surface area contributed by atoms with Crippen LogP contribution in [0.1, 0.15) is 32.1 Å². The van der Waals surface area contributed by atoms with Crippen LogP contribution in [0.2, 0.25) is 0 Å². The van der Waals surface area contributed by atoms with Crippen molar-refractivity contribution in [3.63, 3.8) is 0 Å². The van der Waals surface area contributed by atoms with Crippen LogP contribution < -0.4 is 16.4 Å². The Morgan fingerprint density at radius 2 is 1.75 bits per heavy atom. The van der Waals surface area contributed by atoms with Gasteiger partial charge in [-0.25, -0.2) is 0 Å². The van der Waals surface area contributed by atoms with Gasteiger partial charge in [0, 0.05) is 45.3 Å². The Labute approximate surface area is 164 Å². The number of carbonyl (C=O) groups excluding carboxylic acids is 5. The SMILES string of the molecule is CNCCNC(=O)[C@H](CC(N)=O)N(C)C(=O)CCCCCN1C(=O)C=CC1=O. The zero-order valence-electron chi connectivity index (χ0n) is 16.4. The van der Waals surface area contributed by atoms with E-state index in [1.54, 1.807) is 7.05 Å². The third kappa shape index (κ3) is 7.47. The Bertz CT molecular complexity index is 616. The van der Waals surface area contributed by atoms with Crippen LogP contribution in [0.15, 0.2) is 12.2 Å². The number of unbranched alkanes of at least 4 members (excludes halogenated alkanes) is 2. The number of imide groups is 1. The summed E-state index contributed by atoms with van der Waals surface area (Å²) < 4.78 is 0. The Hall–Kier alpha value is -2.75. The maximum absolute atomic E-state index is 12.4. The van der Waals surface area contributed by atoms with Crippen molar-refractivity contribution in [3.8, 4) is 0 Å². The highest BCUT2D eigenvalue weighted by atomic mass is 16.2. The molecule has 1 heterocycles. The lowest BCUT2D eigenvalue weighted by molar-refractivity contribution is -0.140. The lowest BCUT2D eigenvalue weighted by Crippen LogP contribution is -2.50. The second-order valence-corrected chi connectivity index (χ2v) is 6.56. The van der Waals surface area contributed by atoms with E-state index in [2.05, 4.69) is 10.6 Å². The Balaban J connectivity index is 2.41. The van der Waals surface area contributed by atoms with E-state index >= 15 is 0 Å². The van der Waals surface area contributed by atoms with Crippen LogP contribution in [0, 0.1) is 0 Å². The lowest BCUT2D eigenvalue weighted by atomic mass is 10.1. The zero-order valence-corrected chi connectivity index (χ0v) is 16.4. The molecule has 0 spiro atoms. The molecule has 0 saturated carbocycles. The van der Waals surface area contributed by atoms with Gasteiger partial charge in [-0.1, -0.05) is 6.42 Å². The highest BCUT2D eigenvalue weighted by Gasteiger charge is 2.28. The van der Waals surface area contributed by atoms with Gasteiger partial charge >= 0.3 is 0 Å². The van der Waals surface area contributed by atoms with Gasteiger partial charge < -0.3 is 21.3 Å². The molecule has 1 atom stereocenters. The van der Waals surface area contributed by atoms with Crippen molar-refractivity contribution in [1.29, 1.82) is 0 Å². The minimum Gasteiger partial charge on any atom is -0.370 e. The first-order valence-electron chi connectivity index (χ1n) is 9.27. The molecule has 4 N–H and O–H groups in total. The minimum absolute atomic E-state index is 0.190. The molecule has 0 aromatic carbocycles. The van der Waals surface area contributed by atoms with E-state index in [1.807, 2.05) is 0 Å². The summed E-state index contributed by atoms with van der Waals surface area (Å²) in [6, 6.07) is -0.951. The fourth-order valence-electron chi connectivity index (χ4n) is 2.75. The van der Waals surface area contributed by atoms with Crippen LogP contribution in [0.5, 0.6) is 0 Å². The lowest BCUT2D eigenvalue weighted by Gasteiger charge is -2.26. The largest absolute Gasteiger partial charge is 0.370 e. The molecule has 0 aromatic rings. The third-order valence-corrected chi connectivity index (χ3v) is 4.41. The predicted molar refractivity (Wildman–Crippen MR) is 102 cm³/mol.